The van der Waals surface area contributed by atoms with Crippen LogP contribution < -0.4 is 15.8 Å². The number of aromatic nitrogens is 1. The molecule has 1 amide bonds. The molecule has 9 heteroatoms. The number of ether oxygens (including phenoxy) is 2. The van der Waals surface area contributed by atoms with E-state index in [0.717, 1.165) is 54.6 Å². The van der Waals surface area contributed by atoms with E-state index in [1.54, 1.807) is 19.2 Å². The number of carbonyl (C=O) groups excluding carboxylic acids is 2. The number of anilines is 1. The van der Waals surface area contributed by atoms with Crippen LogP contribution in [0.1, 0.15) is 80.8 Å². The normalized spacial score (nSPS) is 20.6. The lowest BCUT2D eigenvalue weighted by molar-refractivity contribution is 0.0490. The van der Waals surface area contributed by atoms with E-state index in [9.17, 15) is 14.4 Å². The molecule has 2 aromatic heterocycles. The van der Waals surface area contributed by atoms with Gasteiger partial charge >= 0.3 is 12.1 Å². The van der Waals surface area contributed by atoms with Crippen molar-refractivity contribution >= 4 is 34.9 Å². The second-order valence-electron chi connectivity index (χ2n) is 11.4. The molecule has 2 saturated carbocycles. The highest BCUT2D eigenvalue weighted by molar-refractivity contribution is 6.33. The third kappa shape index (κ3) is 4.44. The fraction of sp³-hybridized carbons (Fsp3) is 0.593. The third-order valence-electron chi connectivity index (χ3n) is 7.50. The predicted octanol–water partition coefficient (Wildman–Crippen LogP) is 4.81. The first-order valence-corrected chi connectivity index (χ1v) is 13.1. The number of hydrogen-bond donors (Lipinski definition) is 1. The van der Waals surface area contributed by atoms with E-state index in [2.05, 4.69) is 10.2 Å². The molecule has 36 heavy (non-hydrogen) atoms. The maximum absolute atomic E-state index is 13.3. The van der Waals surface area contributed by atoms with E-state index in [1.165, 1.54) is 4.40 Å². The van der Waals surface area contributed by atoms with Gasteiger partial charge in [-0.1, -0.05) is 11.6 Å². The molecule has 5 rings (SSSR count). The number of hydrogen-bond acceptors (Lipinski definition) is 6. The average molecular weight is 516 g/mol. The van der Waals surface area contributed by atoms with Gasteiger partial charge in [0.1, 0.15) is 11.2 Å². The molecule has 0 aromatic carbocycles. The highest BCUT2D eigenvalue weighted by atomic mass is 35.5. The monoisotopic (exact) mass is 515 g/mol. The summed E-state index contributed by atoms with van der Waals surface area (Å²) in [5, 5.41) is 3.54. The molecule has 0 bridgehead atoms. The Hall–Kier alpha value is -2.74. The molecule has 2 aliphatic carbocycles. The molecular weight excluding hydrogens is 482 g/mol. The van der Waals surface area contributed by atoms with Gasteiger partial charge in [-0.2, -0.15) is 0 Å². The SMILES string of the molecule is CCOC(=O)c1cc(C2CC2)c2c(C)c(N3C[C@@H](NC(=O)OC(C)(C)C)C4(CC4)C3)c(Cl)cn2c1=O. The predicted molar refractivity (Wildman–Crippen MR) is 138 cm³/mol. The molecule has 1 saturated heterocycles. The highest BCUT2D eigenvalue weighted by Gasteiger charge is 2.56. The molecule has 3 aliphatic rings. The number of aryl methyl sites for hydroxylation is 1. The second kappa shape index (κ2) is 8.68. The molecule has 194 valence electrons. The minimum Gasteiger partial charge on any atom is -0.462 e. The Kier molecular flexibility index (Phi) is 6.01. The van der Waals surface area contributed by atoms with E-state index >= 15 is 0 Å². The number of amides is 1. The van der Waals surface area contributed by atoms with Crippen molar-refractivity contribution in [2.45, 2.75) is 77.9 Å². The van der Waals surface area contributed by atoms with Gasteiger partial charge < -0.3 is 19.7 Å². The van der Waals surface area contributed by atoms with Crippen LogP contribution >= 0.6 is 11.6 Å². The summed E-state index contributed by atoms with van der Waals surface area (Å²) in [5.74, 6) is -0.306. The van der Waals surface area contributed by atoms with Crippen molar-refractivity contribution in [2.24, 2.45) is 5.41 Å². The quantitative estimate of drug-likeness (QED) is 0.575. The molecule has 3 heterocycles. The van der Waals surface area contributed by atoms with Crippen molar-refractivity contribution < 1.29 is 19.1 Å². The number of nitrogens with one attached hydrogen (secondary N) is 1. The molecule has 1 N–H and O–H groups in total. The number of halogens is 1. The summed E-state index contributed by atoms with van der Waals surface area (Å²) in [6.45, 7) is 10.9. The van der Waals surface area contributed by atoms with Crippen molar-refractivity contribution in [3.05, 3.63) is 44.3 Å². The molecule has 2 aromatic rings. The first kappa shape index (κ1) is 24.9. The molecule has 8 nitrogen and oxygen atoms in total. The number of fused-ring (bicyclic) bond motifs is 1. The van der Waals surface area contributed by atoms with Crippen molar-refractivity contribution in [3.63, 3.8) is 0 Å². The Morgan fingerprint density at radius 3 is 2.53 bits per heavy atom. The van der Waals surface area contributed by atoms with Crippen LogP contribution in [0.15, 0.2) is 17.1 Å². The fourth-order valence-electron chi connectivity index (χ4n) is 5.55. The maximum Gasteiger partial charge on any atom is 0.407 e. The largest absolute Gasteiger partial charge is 0.462 e. The zero-order chi connectivity index (χ0) is 26.0. The maximum atomic E-state index is 13.3. The van der Waals surface area contributed by atoms with Crippen molar-refractivity contribution in [1.29, 1.82) is 0 Å². The number of carbonyl (C=O) groups is 2. The molecule has 0 unspecified atom stereocenters. The van der Waals surface area contributed by atoms with E-state index in [-0.39, 0.29) is 23.6 Å². The summed E-state index contributed by atoms with van der Waals surface area (Å²) >= 11 is 6.83. The van der Waals surface area contributed by atoms with Crippen molar-refractivity contribution in [2.75, 3.05) is 24.6 Å². The molecule has 1 spiro atoms. The van der Waals surface area contributed by atoms with E-state index in [0.29, 0.717) is 17.5 Å². The first-order valence-electron chi connectivity index (χ1n) is 12.7. The van der Waals surface area contributed by atoms with Crippen LogP contribution in [-0.2, 0) is 9.47 Å². The summed E-state index contributed by atoms with van der Waals surface area (Å²) in [4.78, 5) is 40.6. The Bertz CT molecular complexity index is 1300. The average Bonchev–Trinajstić information content (AvgIpc) is 3.68. The topological polar surface area (TPSA) is 89.3 Å². The minimum atomic E-state index is -0.608. The van der Waals surface area contributed by atoms with Crippen molar-refractivity contribution in [1.82, 2.24) is 9.72 Å². The number of nitrogens with zero attached hydrogens (tertiary/aromatic N) is 2. The molecular formula is C27H34ClN3O5. The zero-order valence-electron chi connectivity index (χ0n) is 21.6. The fourth-order valence-corrected chi connectivity index (χ4v) is 5.90. The second-order valence-corrected chi connectivity index (χ2v) is 11.8. The van der Waals surface area contributed by atoms with Gasteiger partial charge in [0.15, 0.2) is 0 Å². The van der Waals surface area contributed by atoms with Crippen LogP contribution in [0.2, 0.25) is 5.02 Å². The Morgan fingerprint density at radius 1 is 1.25 bits per heavy atom. The van der Waals surface area contributed by atoms with Gasteiger partial charge in [-0.05, 0) is 83.4 Å². The van der Waals surface area contributed by atoms with Gasteiger partial charge in [0, 0.05) is 24.7 Å². The highest BCUT2D eigenvalue weighted by Crippen LogP contribution is 2.55. The van der Waals surface area contributed by atoms with Crippen LogP contribution in [-0.4, -0.2) is 47.8 Å². The standard InChI is InChI=1S/C27H34ClN3O5/c1-6-35-24(33)18-11-17(16-7-8-16)21-15(2)22(19(28)12-31(21)23(18)32)30-13-20(27(14-30)9-10-27)29-25(34)36-26(3,4)5/h11-12,16,20H,6-10,13-14H2,1-5H3,(H,29,34)/t20-/m1/s1. The molecule has 1 atom stereocenters. The summed E-state index contributed by atoms with van der Waals surface area (Å²) in [6.07, 6.45) is 5.32. The summed E-state index contributed by atoms with van der Waals surface area (Å²) in [5.41, 5.74) is 2.64. The summed E-state index contributed by atoms with van der Waals surface area (Å²) < 4.78 is 12.2. The van der Waals surface area contributed by atoms with Gasteiger partial charge in [0.05, 0.1) is 28.9 Å². The number of pyridine rings is 2. The van der Waals surface area contributed by atoms with E-state index in [4.69, 9.17) is 21.1 Å². The van der Waals surface area contributed by atoms with Gasteiger partial charge in [-0.3, -0.25) is 9.20 Å². The zero-order valence-corrected chi connectivity index (χ0v) is 22.3. The van der Waals surface area contributed by atoms with Crippen LogP contribution in [0.4, 0.5) is 10.5 Å². The van der Waals surface area contributed by atoms with Crippen LogP contribution in [0.5, 0.6) is 0 Å². The first-order chi connectivity index (χ1) is 16.9. The van der Waals surface area contributed by atoms with Crippen molar-refractivity contribution in [3.8, 4) is 0 Å². The lowest BCUT2D eigenvalue weighted by Gasteiger charge is -2.25. The third-order valence-corrected chi connectivity index (χ3v) is 7.78. The smallest absolute Gasteiger partial charge is 0.407 e. The Balaban J connectivity index is 1.54. The van der Waals surface area contributed by atoms with Gasteiger partial charge in [-0.15, -0.1) is 0 Å². The number of rotatable bonds is 5. The Morgan fingerprint density at radius 2 is 1.94 bits per heavy atom. The lowest BCUT2D eigenvalue weighted by atomic mass is 10.0. The molecule has 1 aliphatic heterocycles. The Labute approximate surface area is 215 Å². The van der Waals surface area contributed by atoms with Crippen LogP contribution in [0.3, 0.4) is 0 Å². The molecule has 0 radical (unpaired) electrons. The molecule has 3 fully saturated rings. The van der Waals surface area contributed by atoms with Gasteiger partial charge in [0.25, 0.3) is 5.56 Å². The lowest BCUT2D eigenvalue weighted by Crippen LogP contribution is -2.44. The van der Waals surface area contributed by atoms with E-state index in [1.807, 2.05) is 27.7 Å². The number of alkyl carbamates (subject to hydrolysis) is 1. The minimum absolute atomic E-state index is 0.00551. The summed E-state index contributed by atoms with van der Waals surface area (Å²) in [7, 11) is 0. The number of esters is 1. The van der Waals surface area contributed by atoms with E-state index < -0.39 is 23.2 Å². The van der Waals surface area contributed by atoms with Crippen LogP contribution in [0, 0.1) is 12.3 Å². The summed E-state index contributed by atoms with van der Waals surface area (Å²) in [6, 6.07) is 1.67. The van der Waals surface area contributed by atoms with Gasteiger partial charge in [-0.25, -0.2) is 9.59 Å². The van der Waals surface area contributed by atoms with Gasteiger partial charge in [0.2, 0.25) is 0 Å². The van der Waals surface area contributed by atoms with Crippen LogP contribution in [0.25, 0.3) is 5.52 Å².